The first-order valence-corrected chi connectivity index (χ1v) is 5.97. The molecule has 1 aromatic rings. The molecule has 2 N–H and O–H groups in total. The highest BCUT2D eigenvalue weighted by Crippen LogP contribution is 2.29. The van der Waals surface area contributed by atoms with Crippen molar-refractivity contribution in [1.29, 1.82) is 0 Å². The minimum atomic E-state index is 0.481. The Labute approximate surface area is 93.8 Å². The number of amidine groups is 1. The number of thiazole rings is 1. The Bertz CT molecular complexity index is 415. The molecule has 0 unspecified atom stereocenters. The molecule has 1 aliphatic heterocycles. The largest absolute Gasteiger partial charge is 0.387 e. The van der Waals surface area contributed by atoms with Gasteiger partial charge in [-0.2, -0.15) is 0 Å². The van der Waals surface area contributed by atoms with Gasteiger partial charge in [-0.1, -0.05) is 19.9 Å². The van der Waals surface area contributed by atoms with E-state index in [0.29, 0.717) is 5.92 Å². The third kappa shape index (κ3) is 2.26. The van der Waals surface area contributed by atoms with Crippen LogP contribution in [-0.2, 0) is 0 Å². The molecular formula is C11H15N3S. The smallest absolute Gasteiger partial charge is 0.0999 e. The summed E-state index contributed by atoms with van der Waals surface area (Å²) in [4.78, 5) is 9.86. The number of aromatic nitrogens is 1. The summed E-state index contributed by atoms with van der Waals surface area (Å²) in [5.41, 5.74) is 6.71. The van der Waals surface area contributed by atoms with Crippen molar-refractivity contribution in [3.05, 3.63) is 22.2 Å². The van der Waals surface area contributed by atoms with Crippen LogP contribution in [0.2, 0.25) is 0 Å². The van der Waals surface area contributed by atoms with E-state index in [9.17, 15) is 0 Å². The second-order valence-corrected chi connectivity index (χ2v) is 5.01. The van der Waals surface area contributed by atoms with Crippen LogP contribution in [-0.4, -0.2) is 10.8 Å². The van der Waals surface area contributed by atoms with Crippen LogP contribution >= 0.6 is 11.3 Å². The van der Waals surface area contributed by atoms with Gasteiger partial charge < -0.3 is 5.73 Å². The maximum atomic E-state index is 5.72. The van der Waals surface area contributed by atoms with Crippen LogP contribution in [0.25, 0.3) is 5.70 Å². The minimum Gasteiger partial charge on any atom is -0.387 e. The van der Waals surface area contributed by atoms with Crippen molar-refractivity contribution in [2.45, 2.75) is 32.6 Å². The van der Waals surface area contributed by atoms with E-state index in [2.05, 4.69) is 29.9 Å². The third-order valence-electron chi connectivity index (χ3n) is 2.27. The van der Waals surface area contributed by atoms with E-state index >= 15 is 0 Å². The second-order valence-electron chi connectivity index (χ2n) is 3.95. The van der Waals surface area contributed by atoms with Crippen LogP contribution in [0.5, 0.6) is 0 Å². The second kappa shape index (κ2) is 4.14. The van der Waals surface area contributed by atoms with Gasteiger partial charge in [0.25, 0.3) is 0 Å². The molecule has 15 heavy (non-hydrogen) atoms. The molecule has 0 radical (unpaired) electrons. The van der Waals surface area contributed by atoms with Gasteiger partial charge in [-0.15, -0.1) is 11.3 Å². The molecule has 1 aliphatic rings. The molecule has 2 heterocycles. The van der Waals surface area contributed by atoms with Gasteiger partial charge in [0.1, 0.15) is 0 Å². The van der Waals surface area contributed by atoms with Crippen molar-refractivity contribution in [3.8, 4) is 0 Å². The van der Waals surface area contributed by atoms with Gasteiger partial charge in [-0.3, -0.25) is 0 Å². The standard InChI is InChI=1S/C11H15N3S/c1-7(2)11-13-6-9(15-11)8-4-3-5-10(12)14-8/h4,6-7H,3,5H2,1-2H3,(H2,12,14). The number of allylic oxidation sites excluding steroid dienone is 1. The summed E-state index contributed by atoms with van der Waals surface area (Å²) >= 11 is 1.71. The zero-order valence-electron chi connectivity index (χ0n) is 9.03. The fourth-order valence-electron chi connectivity index (χ4n) is 1.44. The summed E-state index contributed by atoms with van der Waals surface area (Å²) in [5, 5.41) is 1.16. The summed E-state index contributed by atoms with van der Waals surface area (Å²) in [6, 6.07) is 0. The molecule has 0 aromatic carbocycles. The molecule has 1 aromatic heterocycles. The monoisotopic (exact) mass is 221 g/mol. The molecule has 0 amide bonds. The van der Waals surface area contributed by atoms with Gasteiger partial charge in [0.15, 0.2) is 0 Å². The van der Waals surface area contributed by atoms with E-state index in [0.717, 1.165) is 34.3 Å². The van der Waals surface area contributed by atoms with Crippen LogP contribution in [0.1, 0.15) is 42.5 Å². The van der Waals surface area contributed by atoms with Gasteiger partial charge >= 0.3 is 0 Å². The maximum absolute atomic E-state index is 5.72. The Kier molecular flexibility index (Phi) is 2.86. The molecular weight excluding hydrogens is 206 g/mol. The molecule has 0 saturated heterocycles. The van der Waals surface area contributed by atoms with Crippen LogP contribution in [0.15, 0.2) is 17.3 Å². The number of aliphatic imine (C=N–C) groups is 1. The molecule has 4 heteroatoms. The van der Waals surface area contributed by atoms with E-state index in [1.54, 1.807) is 11.3 Å². The Balaban J connectivity index is 2.26. The maximum Gasteiger partial charge on any atom is 0.0999 e. The van der Waals surface area contributed by atoms with E-state index in [4.69, 9.17) is 5.73 Å². The average molecular weight is 221 g/mol. The zero-order chi connectivity index (χ0) is 10.8. The highest BCUT2D eigenvalue weighted by atomic mass is 32.1. The third-order valence-corrected chi connectivity index (χ3v) is 3.59. The lowest BCUT2D eigenvalue weighted by molar-refractivity contribution is 0.852. The molecule has 0 bridgehead atoms. The topological polar surface area (TPSA) is 51.3 Å². The number of rotatable bonds is 2. The van der Waals surface area contributed by atoms with Gasteiger partial charge in [0.05, 0.1) is 21.4 Å². The highest BCUT2D eigenvalue weighted by molar-refractivity contribution is 7.12. The van der Waals surface area contributed by atoms with Crippen molar-refractivity contribution >= 4 is 22.9 Å². The molecule has 80 valence electrons. The predicted octanol–water partition coefficient (Wildman–Crippen LogP) is 2.76. The van der Waals surface area contributed by atoms with Crippen molar-refractivity contribution in [3.63, 3.8) is 0 Å². The van der Waals surface area contributed by atoms with Crippen LogP contribution < -0.4 is 5.73 Å². The lowest BCUT2D eigenvalue weighted by Crippen LogP contribution is -2.13. The molecule has 3 nitrogen and oxygen atoms in total. The summed E-state index contributed by atoms with van der Waals surface area (Å²) in [5.74, 6) is 1.21. The molecule has 0 atom stereocenters. The Hall–Kier alpha value is -1.16. The SMILES string of the molecule is CC(C)c1ncc(C2=CCCC(N)=N2)s1. The predicted molar refractivity (Wildman–Crippen MR) is 65.0 cm³/mol. The van der Waals surface area contributed by atoms with E-state index in [1.165, 1.54) is 0 Å². The van der Waals surface area contributed by atoms with Crippen molar-refractivity contribution in [2.24, 2.45) is 10.7 Å². The van der Waals surface area contributed by atoms with Gasteiger partial charge in [0, 0.05) is 18.5 Å². The molecule has 0 aliphatic carbocycles. The quantitative estimate of drug-likeness (QED) is 0.834. The summed E-state index contributed by atoms with van der Waals surface area (Å²) in [6.45, 7) is 4.30. The van der Waals surface area contributed by atoms with Gasteiger partial charge in [-0.05, 0) is 6.42 Å². The van der Waals surface area contributed by atoms with Gasteiger partial charge in [-0.25, -0.2) is 9.98 Å². The van der Waals surface area contributed by atoms with Gasteiger partial charge in [0.2, 0.25) is 0 Å². The molecule has 0 fully saturated rings. The Morgan fingerprint density at radius 1 is 1.47 bits per heavy atom. The summed E-state index contributed by atoms with van der Waals surface area (Å²) < 4.78 is 0. The van der Waals surface area contributed by atoms with Crippen LogP contribution in [0, 0.1) is 0 Å². The molecule has 2 rings (SSSR count). The van der Waals surface area contributed by atoms with Crippen LogP contribution in [0.4, 0.5) is 0 Å². The van der Waals surface area contributed by atoms with Crippen molar-refractivity contribution in [1.82, 2.24) is 4.98 Å². The highest BCUT2D eigenvalue weighted by Gasteiger charge is 2.11. The fourth-order valence-corrected chi connectivity index (χ4v) is 2.35. The van der Waals surface area contributed by atoms with Crippen molar-refractivity contribution < 1.29 is 0 Å². The van der Waals surface area contributed by atoms with Crippen LogP contribution in [0.3, 0.4) is 0 Å². The average Bonchev–Trinajstić information content (AvgIpc) is 2.66. The Morgan fingerprint density at radius 3 is 2.87 bits per heavy atom. The first kappa shape index (κ1) is 10.4. The van der Waals surface area contributed by atoms with Crippen molar-refractivity contribution in [2.75, 3.05) is 0 Å². The minimum absolute atomic E-state index is 0.481. The van der Waals surface area contributed by atoms with E-state index in [-0.39, 0.29) is 0 Å². The molecule has 0 spiro atoms. The zero-order valence-corrected chi connectivity index (χ0v) is 9.84. The fraction of sp³-hybridized carbons (Fsp3) is 0.455. The first-order valence-electron chi connectivity index (χ1n) is 5.16. The lowest BCUT2D eigenvalue weighted by Gasteiger charge is -2.07. The Morgan fingerprint density at radius 2 is 2.27 bits per heavy atom. The molecule has 0 saturated carbocycles. The number of nitrogens with zero attached hydrogens (tertiary/aromatic N) is 2. The number of hydrogen-bond acceptors (Lipinski definition) is 4. The summed E-state index contributed by atoms with van der Waals surface area (Å²) in [7, 11) is 0. The lowest BCUT2D eigenvalue weighted by atomic mass is 10.2. The van der Waals surface area contributed by atoms with E-state index < -0.39 is 0 Å². The van der Waals surface area contributed by atoms with E-state index in [1.807, 2.05) is 6.20 Å². The number of nitrogens with two attached hydrogens (primary N) is 1. The normalized spacial score (nSPS) is 16.5. The first-order chi connectivity index (χ1) is 7.16. The summed E-state index contributed by atoms with van der Waals surface area (Å²) in [6.07, 6.45) is 5.89. The number of hydrogen-bond donors (Lipinski definition) is 1.